The highest BCUT2D eigenvalue weighted by Crippen LogP contribution is 2.22. The molecule has 0 aromatic carbocycles. The van der Waals surface area contributed by atoms with Crippen molar-refractivity contribution in [2.24, 2.45) is 7.05 Å². The summed E-state index contributed by atoms with van der Waals surface area (Å²) in [6.45, 7) is 0. The van der Waals surface area contributed by atoms with E-state index in [4.69, 9.17) is 5.11 Å². The van der Waals surface area contributed by atoms with Crippen LogP contribution in [0.3, 0.4) is 0 Å². The molecule has 0 spiro atoms. The van der Waals surface area contributed by atoms with E-state index in [1.165, 1.54) is 29.9 Å². The molecule has 0 radical (unpaired) electrons. The van der Waals surface area contributed by atoms with Gasteiger partial charge in [0.25, 0.3) is 5.91 Å². The molecule has 2 N–H and O–H groups in total. The Morgan fingerprint density at radius 2 is 2.11 bits per heavy atom. The monoisotopic (exact) mass is 264 g/mol. The van der Waals surface area contributed by atoms with Crippen molar-refractivity contribution in [2.75, 3.05) is 0 Å². The molecule has 1 aromatic heterocycles. The Balaban J connectivity index is 2.82. The number of alkyl halides is 3. The molecule has 0 saturated heterocycles. The average molecular weight is 264 g/mol. The molecule has 1 heterocycles. The molecule has 1 rings (SSSR count). The summed E-state index contributed by atoms with van der Waals surface area (Å²) < 4.78 is 38.8. The van der Waals surface area contributed by atoms with Crippen LogP contribution in [0.4, 0.5) is 13.2 Å². The van der Waals surface area contributed by atoms with Crippen LogP contribution in [-0.2, 0) is 11.8 Å². The van der Waals surface area contributed by atoms with E-state index in [1.807, 2.05) is 0 Å². The van der Waals surface area contributed by atoms with E-state index < -0.39 is 30.5 Å². The Morgan fingerprint density at radius 1 is 1.50 bits per heavy atom. The van der Waals surface area contributed by atoms with Gasteiger partial charge in [-0.05, 0) is 12.1 Å². The van der Waals surface area contributed by atoms with Gasteiger partial charge in [0.15, 0.2) is 0 Å². The van der Waals surface area contributed by atoms with Gasteiger partial charge < -0.3 is 15.0 Å². The number of nitrogens with zero attached hydrogens (tertiary/aromatic N) is 1. The third-order valence-corrected chi connectivity index (χ3v) is 2.26. The maximum absolute atomic E-state index is 12.5. The lowest BCUT2D eigenvalue weighted by atomic mass is 10.2. The van der Waals surface area contributed by atoms with Crippen molar-refractivity contribution in [3.8, 4) is 0 Å². The van der Waals surface area contributed by atoms with Gasteiger partial charge in [-0.25, -0.2) is 0 Å². The van der Waals surface area contributed by atoms with Crippen LogP contribution in [0, 0.1) is 0 Å². The van der Waals surface area contributed by atoms with Crippen LogP contribution in [0.5, 0.6) is 0 Å². The summed E-state index contributed by atoms with van der Waals surface area (Å²) in [6, 6.07) is 0.426. The lowest BCUT2D eigenvalue weighted by Gasteiger charge is -2.20. The quantitative estimate of drug-likeness (QED) is 0.857. The first-order chi connectivity index (χ1) is 8.21. The first kappa shape index (κ1) is 14.1. The van der Waals surface area contributed by atoms with Gasteiger partial charge in [0.05, 0.1) is 6.42 Å². The van der Waals surface area contributed by atoms with Gasteiger partial charge in [0.1, 0.15) is 11.7 Å². The van der Waals surface area contributed by atoms with E-state index >= 15 is 0 Å². The molecule has 0 saturated carbocycles. The molecule has 1 unspecified atom stereocenters. The minimum atomic E-state index is -4.81. The van der Waals surface area contributed by atoms with Crippen molar-refractivity contribution in [3.63, 3.8) is 0 Å². The van der Waals surface area contributed by atoms with Crippen molar-refractivity contribution < 1.29 is 27.9 Å². The summed E-state index contributed by atoms with van der Waals surface area (Å²) in [5.41, 5.74) is 0.0228. The zero-order chi connectivity index (χ0) is 13.9. The standard InChI is InChI=1S/C10H11F3N2O3/c1-15-4-2-3-6(15)9(18)14-7(5-8(16)17)10(11,12)13/h2-4,7H,5H2,1H3,(H,14,18)(H,16,17). The maximum Gasteiger partial charge on any atom is 0.409 e. The average Bonchev–Trinajstić information content (AvgIpc) is 2.61. The minimum absolute atomic E-state index is 0.0228. The molecule has 0 aliphatic rings. The number of carboxylic acids is 1. The van der Waals surface area contributed by atoms with Crippen molar-refractivity contribution in [1.82, 2.24) is 9.88 Å². The van der Waals surface area contributed by atoms with Crippen molar-refractivity contribution in [2.45, 2.75) is 18.6 Å². The maximum atomic E-state index is 12.5. The minimum Gasteiger partial charge on any atom is -0.481 e. The molecule has 0 aliphatic heterocycles. The molecule has 18 heavy (non-hydrogen) atoms. The van der Waals surface area contributed by atoms with Gasteiger partial charge in [0.2, 0.25) is 0 Å². The number of carboxylic acid groups (broad SMARTS) is 1. The number of aryl methyl sites for hydroxylation is 1. The number of carbonyl (C=O) groups excluding carboxylic acids is 1. The van der Waals surface area contributed by atoms with Crippen molar-refractivity contribution >= 4 is 11.9 Å². The van der Waals surface area contributed by atoms with E-state index in [-0.39, 0.29) is 5.69 Å². The number of halogens is 3. The van der Waals surface area contributed by atoms with Crippen LogP contribution in [0.25, 0.3) is 0 Å². The molecular weight excluding hydrogens is 253 g/mol. The first-order valence-electron chi connectivity index (χ1n) is 4.92. The molecule has 1 atom stereocenters. The zero-order valence-electron chi connectivity index (χ0n) is 9.36. The van der Waals surface area contributed by atoms with Crippen LogP contribution in [0.2, 0.25) is 0 Å². The lowest BCUT2D eigenvalue weighted by molar-refractivity contribution is -0.165. The number of hydrogen-bond donors (Lipinski definition) is 2. The lowest BCUT2D eigenvalue weighted by Crippen LogP contribution is -2.47. The van der Waals surface area contributed by atoms with Gasteiger partial charge in [0, 0.05) is 13.2 Å². The van der Waals surface area contributed by atoms with Crippen LogP contribution < -0.4 is 5.32 Å². The zero-order valence-corrected chi connectivity index (χ0v) is 9.36. The molecule has 5 nitrogen and oxygen atoms in total. The molecule has 0 aliphatic carbocycles. The summed E-state index contributed by atoms with van der Waals surface area (Å²) in [5, 5.41) is 10.1. The number of amides is 1. The number of nitrogens with one attached hydrogen (secondary N) is 1. The number of hydrogen-bond acceptors (Lipinski definition) is 2. The number of rotatable bonds is 4. The molecule has 8 heteroatoms. The largest absolute Gasteiger partial charge is 0.481 e. The topological polar surface area (TPSA) is 71.3 Å². The number of aliphatic carboxylic acids is 1. The second-order valence-electron chi connectivity index (χ2n) is 3.67. The second kappa shape index (κ2) is 5.11. The van der Waals surface area contributed by atoms with Gasteiger partial charge in [-0.1, -0.05) is 0 Å². The van der Waals surface area contributed by atoms with Crippen LogP contribution in [-0.4, -0.2) is 33.8 Å². The molecule has 1 amide bonds. The molecule has 0 fully saturated rings. The van der Waals surface area contributed by atoms with Gasteiger partial charge in [-0.15, -0.1) is 0 Å². The van der Waals surface area contributed by atoms with Crippen LogP contribution >= 0.6 is 0 Å². The second-order valence-corrected chi connectivity index (χ2v) is 3.67. The van der Waals surface area contributed by atoms with E-state index in [9.17, 15) is 22.8 Å². The van der Waals surface area contributed by atoms with E-state index in [0.717, 1.165) is 0 Å². The molecule has 1 aromatic rings. The first-order valence-corrected chi connectivity index (χ1v) is 4.92. The predicted octanol–water partition coefficient (Wildman–Crippen LogP) is 1.16. The van der Waals surface area contributed by atoms with E-state index in [2.05, 4.69) is 0 Å². The Bertz CT molecular complexity index is 453. The SMILES string of the molecule is Cn1cccc1C(=O)NC(CC(=O)O)C(F)(F)F. The van der Waals surface area contributed by atoms with Crippen molar-refractivity contribution in [3.05, 3.63) is 24.0 Å². The van der Waals surface area contributed by atoms with Crippen LogP contribution in [0.15, 0.2) is 18.3 Å². The highest BCUT2D eigenvalue weighted by atomic mass is 19.4. The highest BCUT2D eigenvalue weighted by molar-refractivity contribution is 5.93. The van der Waals surface area contributed by atoms with E-state index in [0.29, 0.717) is 0 Å². The Kier molecular flexibility index (Phi) is 4.00. The Hall–Kier alpha value is -1.99. The highest BCUT2D eigenvalue weighted by Gasteiger charge is 2.42. The third-order valence-electron chi connectivity index (χ3n) is 2.26. The fourth-order valence-electron chi connectivity index (χ4n) is 1.35. The third kappa shape index (κ3) is 3.51. The number of aromatic nitrogens is 1. The Labute approximate surface area is 100 Å². The van der Waals surface area contributed by atoms with Gasteiger partial charge >= 0.3 is 12.1 Å². The number of carbonyl (C=O) groups is 2. The van der Waals surface area contributed by atoms with E-state index in [1.54, 1.807) is 5.32 Å². The van der Waals surface area contributed by atoms with Crippen LogP contribution in [0.1, 0.15) is 16.9 Å². The summed E-state index contributed by atoms with van der Waals surface area (Å²) in [4.78, 5) is 21.9. The molecule has 0 bridgehead atoms. The summed E-state index contributed by atoms with van der Waals surface area (Å²) >= 11 is 0. The fourth-order valence-corrected chi connectivity index (χ4v) is 1.35. The smallest absolute Gasteiger partial charge is 0.409 e. The molecule has 100 valence electrons. The predicted molar refractivity (Wildman–Crippen MR) is 55.0 cm³/mol. The summed E-state index contributed by atoms with van der Waals surface area (Å²) in [6.07, 6.45) is -4.52. The summed E-state index contributed by atoms with van der Waals surface area (Å²) in [5.74, 6) is -2.60. The van der Waals surface area contributed by atoms with Crippen molar-refractivity contribution in [1.29, 1.82) is 0 Å². The van der Waals surface area contributed by atoms with Gasteiger partial charge in [-0.3, -0.25) is 9.59 Å². The Morgan fingerprint density at radius 3 is 2.50 bits per heavy atom. The fraction of sp³-hybridized carbons (Fsp3) is 0.400. The normalized spacial score (nSPS) is 13.1. The summed E-state index contributed by atoms with van der Waals surface area (Å²) in [7, 11) is 1.49. The van der Waals surface area contributed by atoms with Gasteiger partial charge in [-0.2, -0.15) is 13.2 Å². The molecular formula is C10H11F3N2O3.